The summed E-state index contributed by atoms with van der Waals surface area (Å²) in [6.07, 6.45) is 2.41. The van der Waals surface area contributed by atoms with E-state index in [0.717, 1.165) is 6.42 Å². The second kappa shape index (κ2) is 6.50. The van der Waals surface area contributed by atoms with Gasteiger partial charge in [-0.1, -0.05) is 18.5 Å². The topological polar surface area (TPSA) is 56.1 Å². The minimum absolute atomic E-state index is 0.180. The fourth-order valence-electron chi connectivity index (χ4n) is 1.25. The first-order chi connectivity index (χ1) is 7.70. The number of ether oxygens (including phenoxy) is 1. The van der Waals surface area contributed by atoms with Crippen molar-refractivity contribution in [3.63, 3.8) is 0 Å². The zero-order chi connectivity index (χ0) is 12.0. The second-order valence-electron chi connectivity index (χ2n) is 3.32. The third-order valence-corrected chi connectivity index (χ3v) is 2.41. The molecule has 0 aliphatic heterocycles. The van der Waals surface area contributed by atoms with Gasteiger partial charge in [0.15, 0.2) is 0 Å². The normalized spacial score (nSPS) is 10.4. The molecule has 0 atom stereocenters. The molecule has 0 aliphatic rings. The number of nitrogens with one attached hydrogen (secondary N) is 1. The predicted molar refractivity (Wildman–Crippen MR) is 64.2 cm³/mol. The molecule has 0 amide bonds. The van der Waals surface area contributed by atoms with Crippen molar-refractivity contribution in [3.8, 4) is 0 Å². The van der Waals surface area contributed by atoms with E-state index < -0.39 is 0 Å². The number of aryl methyl sites for hydroxylation is 1. The van der Waals surface area contributed by atoms with Crippen molar-refractivity contribution >= 4 is 17.3 Å². The Morgan fingerprint density at radius 1 is 1.62 bits per heavy atom. The van der Waals surface area contributed by atoms with Gasteiger partial charge in [-0.05, 0) is 6.42 Å². The van der Waals surface area contributed by atoms with Crippen LogP contribution in [0.3, 0.4) is 0 Å². The van der Waals surface area contributed by atoms with Gasteiger partial charge in [0.05, 0.1) is 18.5 Å². The first-order valence-electron chi connectivity index (χ1n) is 5.19. The summed E-state index contributed by atoms with van der Waals surface area (Å²) in [4.78, 5) is 11.7. The van der Waals surface area contributed by atoms with Crippen LogP contribution in [0.5, 0.6) is 0 Å². The van der Waals surface area contributed by atoms with Crippen molar-refractivity contribution in [2.45, 2.75) is 19.9 Å². The lowest BCUT2D eigenvalue weighted by atomic mass is 10.4. The van der Waals surface area contributed by atoms with E-state index in [0.29, 0.717) is 25.4 Å². The molecule has 0 bridgehead atoms. The van der Waals surface area contributed by atoms with Gasteiger partial charge in [-0.25, -0.2) is 4.68 Å². The van der Waals surface area contributed by atoms with E-state index >= 15 is 0 Å². The maximum Gasteiger partial charge on any atom is 0.287 e. The number of hydrogen-bond donors (Lipinski definition) is 1. The molecule has 0 fully saturated rings. The fourth-order valence-corrected chi connectivity index (χ4v) is 1.46. The van der Waals surface area contributed by atoms with Crippen LogP contribution in [0, 0.1) is 0 Å². The Morgan fingerprint density at radius 2 is 2.38 bits per heavy atom. The van der Waals surface area contributed by atoms with Crippen molar-refractivity contribution in [3.05, 3.63) is 21.6 Å². The molecule has 1 heterocycles. The molecule has 1 N–H and O–H groups in total. The summed E-state index contributed by atoms with van der Waals surface area (Å²) in [5.41, 5.74) is 0.294. The summed E-state index contributed by atoms with van der Waals surface area (Å²) < 4.78 is 6.25. The van der Waals surface area contributed by atoms with Gasteiger partial charge < -0.3 is 10.1 Å². The highest BCUT2D eigenvalue weighted by molar-refractivity contribution is 6.32. The molecule has 1 aromatic heterocycles. The number of rotatable bonds is 6. The van der Waals surface area contributed by atoms with Crippen LogP contribution in [0.4, 0.5) is 5.69 Å². The molecule has 0 unspecified atom stereocenters. The molecule has 0 aromatic carbocycles. The Morgan fingerprint density at radius 3 is 3.00 bits per heavy atom. The monoisotopic (exact) mass is 245 g/mol. The van der Waals surface area contributed by atoms with Crippen molar-refractivity contribution in [1.82, 2.24) is 9.78 Å². The van der Waals surface area contributed by atoms with Gasteiger partial charge in [0, 0.05) is 20.2 Å². The zero-order valence-corrected chi connectivity index (χ0v) is 10.3. The molecule has 0 spiro atoms. The van der Waals surface area contributed by atoms with Crippen LogP contribution >= 0.6 is 11.6 Å². The lowest BCUT2D eigenvalue weighted by molar-refractivity contribution is 0.211. The van der Waals surface area contributed by atoms with E-state index in [1.54, 1.807) is 13.3 Å². The van der Waals surface area contributed by atoms with Gasteiger partial charge in [0.2, 0.25) is 0 Å². The molecule has 5 nitrogen and oxygen atoms in total. The molecule has 1 rings (SSSR count). The summed E-state index contributed by atoms with van der Waals surface area (Å²) in [7, 11) is 1.61. The molecule has 6 heteroatoms. The minimum Gasteiger partial charge on any atom is -0.383 e. The van der Waals surface area contributed by atoms with Crippen LogP contribution in [0.1, 0.15) is 13.3 Å². The molecule has 0 aliphatic carbocycles. The van der Waals surface area contributed by atoms with E-state index in [4.69, 9.17) is 16.3 Å². The maximum atomic E-state index is 11.7. The third kappa shape index (κ3) is 3.21. The SMILES string of the molecule is CCCn1ncc(NCCOC)c(Cl)c1=O. The van der Waals surface area contributed by atoms with Crippen molar-refractivity contribution in [2.24, 2.45) is 0 Å². The van der Waals surface area contributed by atoms with Crippen molar-refractivity contribution in [1.29, 1.82) is 0 Å². The minimum atomic E-state index is -0.258. The highest BCUT2D eigenvalue weighted by Crippen LogP contribution is 2.14. The predicted octanol–water partition coefficient (Wildman–Crippen LogP) is 1.36. The van der Waals surface area contributed by atoms with E-state index in [1.165, 1.54) is 4.68 Å². The van der Waals surface area contributed by atoms with E-state index in [9.17, 15) is 4.79 Å². The number of hydrogen-bond acceptors (Lipinski definition) is 4. The van der Waals surface area contributed by atoms with Crippen LogP contribution in [-0.4, -0.2) is 30.0 Å². The lowest BCUT2D eigenvalue weighted by Gasteiger charge is -2.09. The quantitative estimate of drug-likeness (QED) is 0.769. The number of halogens is 1. The van der Waals surface area contributed by atoms with E-state index in [2.05, 4.69) is 10.4 Å². The Labute approximate surface area is 99.4 Å². The Balaban J connectivity index is 2.81. The molecular formula is C10H16ClN3O2. The maximum absolute atomic E-state index is 11.7. The second-order valence-corrected chi connectivity index (χ2v) is 3.70. The van der Waals surface area contributed by atoms with E-state index in [1.807, 2.05) is 6.92 Å². The lowest BCUT2D eigenvalue weighted by Crippen LogP contribution is -2.24. The largest absolute Gasteiger partial charge is 0.383 e. The highest BCUT2D eigenvalue weighted by atomic mass is 35.5. The van der Waals surface area contributed by atoms with Crippen LogP contribution in [0.15, 0.2) is 11.0 Å². The third-order valence-electron chi connectivity index (χ3n) is 2.04. The van der Waals surface area contributed by atoms with Gasteiger partial charge in [-0.2, -0.15) is 5.10 Å². The van der Waals surface area contributed by atoms with Crippen LogP contribution < -0.4 is 10.9 Å². The average Bonchev–Trinajstić information content (AvgIpc) is 2.28. The van der Waals surface area contributed by atoms with Crippen LogP contribution in [-0.2, 0) is 11.3 Å². The number of aromatic nitrogens is 2. The van der Waals surface area contributed by atoms with Gasteiger partial charge in [-0.3, -0.25) is 4.79 Å². The zero-order valence-electron chi connectivity index (χ0n) is 9.49. The molecular weight excluding hydrogens is 230 g/mol. The summed E-state index contributed by atoms with van der Waals surface area (Å²) in [5, 5.41) is 7.20. The van der Waals surface area contributed by atoms with Crippen LogP contribution in [0.25, 0.3) is 0 Å². The van der Waals surface area contributed by atoms with Crippen LogP contribution in [0.2, 0.25) is 5.02 Å². The first kappa shape index (κ1) is 13.0. The summed E-state index contributed by atoms with van der Waals surface area (Å²) in [6.45, 7) is 3.70. The number of nitrogens with zero attached hydrogens (tertiary/aromatic N) is 2. The Kier molecular flexibility index (Phi) is 5.28. The molecule has 0 saturated heterocycles. The van der Waals surface area contributed by atoms with Gasteiger partial charge in [0.25, 0.3) is 5.56 Å². The molecule has 0 radical (unpaired) electrons. The fraction of sp³-hybridized carbons (Fsp3) is 0.600. The van der Waals surface area contributed by atoms with Gasteiger partial charge in [-0.15, -0.1) is 0 Å². The van der Waals surface area contributed by atoms with Gasteiger partial charge in [0.1, 0.15) is 5.02 Å². The Bertz CT molecular complexity index is 392. The smallest absolute Gasteiger partial charge is 0.287 e. The van der Waals surface area contributed by atoms with Crippen molar-refractivity contribution < 1.29 is 4.74 Å². The number of anilines is 1. The standard InChI is InChI=1S/C10H16ClN3O2/c1-3-5-14-10(15)9(11)8(7-13-14)12-4-6-16-2/h7,12H,3-6H2,1-2H3. The molecule has 0 saturated carbocycles. The molecule has 1 aromatic rings. The summed E-state index contributed by atoms with van der Waals surface area (Å²) >= 11 is 5.94. The molecule has 90 valence electrons. The average molecular weight is 246 g/mol. The first-order valence-corrected chi connectivity index (χ1v) is 5.57. The molecule has 16 heavy (non-hydrogen) atoms. The summed E-state index contributed by atoms with van der Waals surface area (Å²) in [5.74, 6) is 0. The van der Waals surface area contributed by atoms with Gasteiger partial charge >= 0.3 is 0 Å². The number of methoxy groups -OCH3 is 1. The highest BCUT2D eigenvalue weighted by Gasteiger charge is 2.07. The van der Waals surface area contributed by atoms with Crippen molar-refractivity contribution in [2.75, 3.05) is 25.6 Å². The Hall–Kier alpha value is -1.07. The summed E-state index contributed by atoms with van der Waals surface area (Å²) in [6, 6.07) is 0. The van der Waals surface area contributed by atoms with E-state index in [-0.39, 0.29) is 10.6 Å².